The minimum Gasteiger partial charge on any atom is -0.496 e. The van der Waals surface area contributed by atoms with Crippen LogP contribution in [-0.4, -0.2) is 7.11 Å². The maximum absolute atomic E-state index is 6.09. The zero-order valence-corrected chi connectivity index (χ0v) is 12.7. The molecule has 0 aliphatic carbocycles. The molecular formula is C14H13BrClNO2. The van der Waals surface area contributed by atoms with E-state index in [2.05, 4.69) is 15.9 Å². The normalized spacial score (nSPS) is 10.3. The first-order chi connectivity index (χ1) is 9.10. The van der Waals surface area contributed by atoms with Gasteiger partial charge < -0.3 is 15.2 Å². The summed E-state index contributed by atoms with van der Waals surface area (Å²) in [6.07, 6.45) is 0. The van der Waals surface area contributed by atoms with Gasteiger partial charge in [-0.1, -0.05) is 27.5 Å². The topological polar surface area (TPSA) is 44.5 Å². The molecule has 19 heavy (non-hydrogen) atoms. The number of ether oxygens (including phenoxy) is 2. The van der Waals surface area contributed by atoms with Gasteiger partial charge in [0, 0.05) is 21.8 Å². The van der Waals surface area contributed by atoms with Crippen LogP contribution in [0.15, 0.2) is 40.9 Å². The van der Waals surface area contributed by atoms with Gasteiger partial charge in [0.1, 0.15) is 18.1 Å². The third-order valence-corrected chi connectivity index (χ3v) is 3.38. The van der Waals surface area contributed by atoms with Crippen molar-refractivity contribution in [2.45, 2.75) is 6.61 Å². The van der Waals surface area contributed by atoms with E-state index in [0.717, 1.165) is 10.0 Å². The number of anilines is 1. The summed E-state index contributed by atoms with van der Waals surface area (Å²) in [5, 5.41) is 0.559. The third kappa shape index (κ3) is 3.55. The summed E-state index contributed by atoms with van der Waals surface area (Å²) >= 11 is 9.44. The van der Waals surface area contributed by atoms with Crippen LogP contribution in [0.25, 0.3) is 0 Å². The Bertz CT molecular complexity index is 590. The summed E-state index contributed by atoms with van der Waals surface area (Å²) in [7, 11) is 1.60. The summed E-state index contributed by atoms with van der Waals surface area (Å²) in [6, 6.07) is 10.9. The van der Waals surface area contributed by atoms with Gasteiger partial charge in [-0.3, -0.25) is 0 Å². The van der Waals surface area contributed by atoms with E-state index in [0.29, 0.717) is 28.8 Å². The van der Waals surface area contributed by atoms with Crippen LogP contribution in [0.1, 0.15) is 5.56 Å². The Morgan fingerprint density at radius 2 is 1.95 bits per heavy atom. The molecule has 0 amide bonds. The first-order valence-corrected chi connectivity index (χ1v) is 6.77. The average molecular weight is 343 g/mol. The molecule has 0 fully saturated rings. The molecule has 0 bridgehead atoms. The number of nitrogen functional groups attached to an aromatic ring is 1. The number of benzene rings is 2. The Morgan fingerprint density at radius 1 is 1.16 bits per heavy atom. The molecule has 100 valence electrons. The van der Waals surface area contributed by atoms with Crippen molar-refractivity contribution >= 4 is 33.2 Å². The fourth-order valence-corrected chi connectivity index (χ4v) is 2.36. The van der Waals surface area contributed by atoms with Crippen molar-refractivity contribution in [3.05, 3.63) is 51.5 Å². The number of methoxy groups -OCH3 is 1. The van der Waals surface area contributed by atoms with Gasteiger partial charge in [-0.2, -0.15) is 0 Å². The fourth-order valence-electron chi connectivity index (χ4n) is 1.63. The van der Waals surface area contributed by atoms with Crippen LogP contribution in [-0.2, 0) is 6.61 Å². The van der Waals surface area contributed by atoms with Crippen LogP contribution < -0.4 is 15.2 Å². The number of hydrogen-bond donors (Lipinski definition) is 1. The summed E-state index contributed by atoms with van der Waals surface area (Å²) in [6.45, 7) is 0.366. The number of rotatable bonds is 4. The number of nitrogens with two attached hydrogens (primary N) is 1. The smallest absolute Gasteiger partial charge is 0.138 e. The summed E-state index contributed by atoms with van der Waals surface area (Å²) in [5.74, 6) is 1.33. The molecule has 2 aromatic rings. The van der Waals surface area contributed by atoms with Crippen molar-refractivity contribution in [2.24, 2.45) is 0 Å². The molecular weight excluding hydrogens is 330 g/mol. The quantitative estimate of drug-likeness (QED) is 0.844. The van der Waals surface area contributed by atoms with E-state index in [9.17, 15) is 0 Å². The van der Waals surface area contributed by atoms with Crippen LogP contribution >= 0.6 is 27.5 Å². The fraction of sp³-hybridized carbons (Fsp3) is 0.143. The second-order valence-corrected chi connectivity index (χ2v) is 5.26. The van der Waals surface area contributed by atoms with Crippen molar-refractivity contribution in [3.8, 4) is 11.5 Å². The van der Waals surface area contributed by atoms with Crippen molar-refractivity contribution in [1.29, 1.82) is 0 Å². The van der Waals surface area contributed by atoms with Crippen molar-refractivity contribution < 1.29 is 9.47 Å². The van der Waals surface area contributed by atoms with Crippen LogP contribution in [0.4, 0.5) is 5.69 Å². The Hall–Kier alpha value is -1.39. The highest BCUT2D eigenvalue weighted by Gasteiger charge is 2.07. The lowest BCUT2D eigenvalue weighted by molar-refractivity contribution is 0.297. The predicted molar refractivity (Wildman–Crippen MR) is 80.9 cm³/mol. The van der Waals surface area contributed by atoms with E-state index in [1.54, 1.807) is 19.2 Å². The predicted octanol–water partition coefficient (Wildman–Crippen LogP) is 4.27. The Morgan fingerprint density at radius 3 is 2.63 bits per heavy atom. The molecule has 0 atom stereocenters. The van der Waals surface area contributed by atoms with E-state index >= 15 is 0 Å². The first kappa shape index (κ1) is 14.0. The molecule has 2 aromatic carbocycles. The van der Waals surface area contributed by atoms with Gasteiger partial charge in [-0.05, 0) is 30.3 Å². The van der Waals surface area contributed by atoms with E-state index < -0.39 is 0 Å². The Labute approximate surface area is 125 Å². The minimum atomic E-state index is 0.366. The van der Waals surface area contributed by atoms with Gasteiger partial charge in [0.2, 0.25) is 0 Å². The van der Waals surface area contributed by atoms with Crippen LogP contribution in [0.3, 0.4) is 0 Å². The van der Waals surface area contributed by atoms with Crippen molar-refractivity contribution in [3.63, 3.8) is 0 Å². The van der Waals surface area contributed by atoms with Gasteiger partial charge in [0.15, 0.2) is 0 Å². The molecule has 0 aliphatic rings. The minimum absolute atomic E-state index is 0.366. The maximum atomic E-state index is 6.09. The van der Waals surface area contributed by atoms with E-state index in [-0.39, 0.29) is 0 Å². The lowest BCUT2D eigenvalue weighted by atomic mass is 10.2. The average Bonchev–Trinajstić information content (AvgIpc) is 2.39. The molecule has 0 saturated heterocycles. The second kappa shape index (κ2) is 6.17. The van der Waals surface area contributed by atoms with Gasteiger partial charge in [0.05, 0.1) is 12.1 Å². The zero-order chi connectivity index (χ0) is 13.8. The van der Waals surface area contributed by atoms with Crippen LogP contribution in [0.2, 0.25) is 5.02 Å². The molecule has 2 N–H and O–H groups in total. The second-order valence-electron chi connectivity index (χ2n) is 3.93. The molecule has 5 heteroatoms. The molecule has 0 heterocycles. The highest BCUT2D eigenvalue weighted by molar-refractivity contribution is 9.10. The monoisotopic (exact) mass is 341 g/mol. The lowest BCUT2D eigenvalue weighted by Crippen LogP contribution is -2.00. The van der Waals surface area contributed by atoms with E-state index in [4.69, 9.17) is 26.8 Å². The van der Waals surface area contributed by atoms with Crippen LogP contribution in [0, 0.1) is 0 Å². The standard InChI is InChI=1S/C14H13BrClNO2/c1-18-14-7-11(17)4-2-9(14)8-19-13-5-3-10(15)6-12(13)16/h2-7H,8,17H2,1H3. The largest absolute Gasteiger partial charge is 0.496 e. The van der Waals surface area contributed by atoms with Gasteiger partial charge in [0.25, 0.3) is 0 Å². The van der Waals surface area contributed by atoms with E-state index in [1.807, 2.05) is 24.3 Å². The van der Waals surface area contributed by atoms with Crippen molar-refractivity contribution in [1.82, 2.24) is 0 Å². The van der Waals surface area contributed by atoms with Crippen molar-refractivity contribution in [2.75, 3.05) is 12.8 Å². The Kier molecular flexibility index (Phi) is 4.56. The first-order valence-electron chi connectivity index (χ1n) is 5.60. The van der Waals surface area contributed by atoms with Gasteiger partial charge in [-0.25, -0.2) is 0 Å². The highest BCUT2D eigenvalue weighted by atomic mass is 79.9. The molecule has 2 rings (SSSR count). The lowest BCUT2D eigenvalue weighted by Gasteiger charge is -2.12. The zero-order valence-electron chi connectivity index (χ0n) is 10.3. The molecule has 0 radical (unpaired) electrons. The molecule has 0 saturated carbocycles. The maximum Gasteiger partial charge on any atom is 0.138 e. The third-order valence-electron chi connectivity index (χ3n) is 2.59. The summed E-state index contributed by atoms with van der Waals surface area (Å²) in [4.78, 5) is 0. The number of halogens is 2. The summed E-state index contributed by atoms with van der Waals surface area (Å²) < 4.78 is 11.9. The SMILES string of the molecule is COc1cc(N)ccc1COc1ccc(Br)cc1Cl. The summed E-state index contributed by atoms with van der Waals surface area (Å²) in [5.41, 5.74) is 7.27. The number of hydrogen-bond acceptors (Lipinski definition) is 3. The van der Waals surface area contributed by atoms with Gasteiger partial charge in [-0.15, -0.1) is 0 Å². The molecule has 0 aliphatic heterocycles. The van der Waals surface area contributed by atoms with Gasteiger partial charge >= 0.3 is 0 Å². The Balaban J connectivity index is 2.14. The van der Waals surface area contributed by atoms with E-state index in [1.165, 1.54) is 0 Å². The highest BCUT2D eigenvalue weighted by Crippen LogP contribution is 2.29. The molecule has 0 aromatic heterocycles. The molecule has 3 nitrogen and oxygen atoms in total. The van der Waals surface area contributed by atoms with Crippen LogP contribution in [0.5, 0.6) is 11.5 Å². The molecule has 0 spiro atoms. The molecule has 0 unspecified atom stereocenters.